The van der Waals surface area contributed by atoms with Gasteiger partial charge >= 0.3 is 6.09 Å². The maximum atomic E-state index is 14.0. The number of carbonyl (C=O) groups excluding carboxylic acids is 1. The summed E-state index contributed by atoms with van der Waals surface area (Å²) in [6, 6.07) is 12.1. The second-order valence-electron chi connectivity index (χ2n) is 11.0. The number of oxime groups is 1. The Kier molecular flexibility index (Phi) is 5.86. The molecule has 3 N–H and O–H groups in total. The average Bonchev–Trinajstić information content (AvgIpc) is 3.19. The van der Waals surface area contributed by atoms with E-state index in [9.17, 15) is 14.3 Å². The zero-order valence-electron chi connectivity index (χ0n) is 21.5. The quantitative estimate of drug-likeness (QED) is 0.332. The lowest BCUT2D eigenvalue weighted by atomic mass is 10.0. The van der Waals surface area contributed by atoms with E-state index >= 15 is 0 Å². The van der Waals surface area contributed by atoms with Gasteiger partial charge in [0.2, 0.25) is 0 Å². The van der Waals surface area contributed by atoms with Crippen LogP contribution in [-0.4, -0.2) is 70.4 Å². The summed E-state index contributed by atoms with van der Waals surface area (Å²) in [6.07, 6.45) is -0.249. The maximum absolute atomic E-state index is 14.0. The van der Waals surface area contributed by atoms with Gasteiger partial charge in [-0.15, -0.1) is 0 Å². The van der Waals surface area contributed by atoms with Crippen LogP contribution >= 0.6 is 0 Å². The Hall–Kier alpha value is -3.92. The predicted octanol–water partition coefficient (Wildman–Crippen LogP) is 4.32. The number of rotatable bonds is 6. The van der Waals surface area contributed by atoms with E-state index in [0.717, 1.165) is 5.56 Å². The van der Waals surface area contributed by atoms with Crippen LogP contribution in [0.4, 0.5) is 14.9 Å². The van der Waals surface area contributed by atoms with Gasteiger partial charge in [-0.25, -0.2) is 14.2 Å². The number of aliphatic imine (C=N–C) groups is 1. The zero-order valence-corrected chi connectivity index (χ0v) is 21.5. The van der Waals surface area contributed by atoms with Crippen molar-refractivity contribution in [2.75, 3.05) is 26.2 Å². The standard InChI is InChI=1S/C28H30FN5O4/c1-28(2,3)38-27(36)34-13-18-19(14-34)23(18)30-10-11-37-33-24-16-6-4-5-7-20(16)31-25(24)22-17-12-15(29)8-9-21(17)32-26(22)35/h4-9,12,18-19,23,30,32,35H,10-11,13-14H2,1-3H3. The first-order valence-electron chi connectivity index (χ1n) is 12.8. The molecule has 3 aliphatic rings. The van der Waals surface area contributed by atoms with Crippen molar-refractivity contribution in [1.29, 1.82) is 0 Å². The van der Waals surface area contributed by atoms with Crippen LogP contribution in [-0.2, 0) is 9.57 Å². The normalized spacial score (nSPS) is 22.9. The molecule has 1 amide bonds. The Balaban J connectivity index is 1.09. The highest BCUT2D eigenvalue weighted by Crippen LogP contribution is 2.45. The van der Waals surface area contributed by atoms with Crippen molar-refractivity contribution in [3.8, 4) is 5.88 Å². The number of halogens is 1. The number of nitrogens with zero attached hydrogens (tertiary/aromatic N) is 3. The van der Waals surface area contributed by atoms with Crippen LogP contribution in [0.2, 0.25) is 0 Å². The van der Waals surface area contributed by atoms with Gasteiger partial charge in [-0.3, -0.25) is 0 Å². The molecule has 2 fully saturated rings. The molecule has 2 atom stereocenters. The largest absolute Gasteiger partial charge is 0.494 e. The topological polar surface area (TPSA) is 112 Å². The molecule has 198 valence electrons. The monoisotopic (exact) mass is 519 g/mol. The van der Waals surface area contributed by atoms with E-state index in [1.165, 1.54) is 12.1 Å². The molecule has 0 bridgehead atoms. The fourth-order valence-electron chi connectivity index (χ4n) is 5.41. The Morgan fingerprint density at radius 2 is 2.00 bits per heavy atom. The Labute approximate surface area is 219 Å². The molecule has 1 aromatic heterocycles. The number of nitrogens with one attached hydrogen (secondary N) is 2. The molecule has 2 aliphatic heterocycles. The molecule has 6 rings (SSSR count). The van der Waals surface area contributed by atoms with E-state index in [1.54, 1.807) is 11.0 Å². The van der Waals surface area contributed by atoms with Crippen molar-refractivity contribution in [2.45, 2.75) is 32.4 Å². The van der Waals surface area contributed by atoms with Crippen molar-refractivity contribution in [3.63, 3.8) is 0 Å². The van der Waals surface area contributed by atoms with Gasteiger partial charge in [0.05, 0.1) is 11.3 Å². The highest BCUT2D eigenvalue weighted by Gasteiger charge is 2.56. The van der Waals surface area contributed by atoms with Gasteiger partial charge in [0.25, 0.3) is 0 Å². The van der Waals surface area contributed by atoms with Gasteiger partial charge in [0.15, 0.2) is 5.88 Å². The van der Waals surface area contributed by atoms with E-state index < -0.39 is 11.4 Å². The van der Waals surface area contributed by atoms with Gasteiger partial charge in [0.1, 0.15) is 29.4 Å². The first-order chi connectivity index (χ1) is 18.2. The van der Waals surface area contributed by atoms with Crippen LogP contribution in [0.5, 0.6) is 5.88 Å². The molecular weight excluding hydrogens is 489 g/mol. The molecule has 0 spiro atoms. The molecule has 10 heteroatoms. The highest BCUT2D eigenvalue weighted by atomic mass is 19.1. The Morgan fingerprint density at radius 1 is 1.24 bits per heavy atom. The number of H-pyrrole nitrogens is 1. The number of fused-ring (bicyclic) bond motifs is 3. The minimum Gasteiger partial charge on any atom is -0.494 e. The lowest BCUT2D eigenvalue weighted by molar-refractivity contribution is 0.0268. The number of aromatic hydroxyl groups is 1. The van der Waals surface area contributed by atoms with Crippen LogP contribution in [0.25, 0.3) is 10.9 Å². The molecule has 1 aliphatic carbocycles. The molecule has 2 unspecified atom stereocenters. The van der Waals surface area contributed by atoms with Gasteiger partial charge < -0.3 is 29.9 Å². The molecule has 9 nitrogen and oxygen atoms in total. The summed E-state index contributed by atoms with van der Waals surface area (Å²) in [5.74, 6) is 0.347. The number of ether oxygens (including phenoxy) is 1. The first kappa shape index (κ1) is 24.4. The molecule has 0 radical (unpaired) electrons. The lowest BCUT2D eigenvalue weighted by Gasteiger charge is -2.26. The van der Waals surface area contributed by atoms with Crippen LogP contribution in [0.3, 0.4) is 0 Å². The number of piperidine rings is 1. The molecule has 1 saturated heterocycles. The van der Waals surface area contributed by atoms with Crippen LogP contribution in [0, 0.1) is 17.7 Å². The van der Waals surface area contributed by atoms with E-state index in [4.69, 9.17) is 9.57 Å². The number of hydrogen-bond donors (Lipinski definition) is 3. The van der Waals surface area contributed by atoms with Crippen molar-refractivity contribution >= 4 is 34.1 Å². The summed E-state index contributed by atoms with van der Waals surface area (Å²) in [5, 5.41) is 19.1. The fourth-order valence-corrected chi connectivity index (χ4v) is 5.41. The maximum Gasteiger partial charge on any atom is 0.410 e. The molecule has 2 aromatic carbocycles. The first-order valence-corrected chi connectivity index (χ1v) is 12.8. The van der Waals surface area contributed by atoms with Crippen LogP contribution < -0.4 is 5.32 Å². The van der Waals surface area contributed by atoms with Crippen molar-refractivity contribution in [1.82, 2.24) is 15.2 Å². The second-order valence-corrected chi connectivity index (χ2v) is 11.0. The van der Waals surface area contributed by atoms with Crippen LogP contribution in [0.15, 0.2) is 52.6 Å². The molecular formula is C28H30FN5O4. The van der Waals surface area contributed by atoms with Gasteiger partial charge in [-0.2, -0.15) is 0 Å². The SMILES string of the molecule is CC(C)(C)OC(=O)N1CC2C(C1)C2NCCON=C1C(c2c(O)[nH]c3ccc(F)cc23)=Nc2ccccc21. The smallest absolute Gasteiger partial charge is 0.410 e. The summed E-state index contributed by atoms with van der Waals surface area (Å²) in [5.41, 5.74) is 2.88. The Bertz CT molecular complexity index is 1460. The third-order valence-electron chi connectivity index (χ3n) is 7.17. The summed E-state index contributed by atoms with van der Waals surface area (Å²) in [4.78, 5) is 27.3. The number of likely N-dealkylation sites (tertiary alicyclic amines) is 1. The molecule has 1 saturated carbocycles. The van der Waals surface area contributed by atoms with Crippen molar-refractivity contribution in [3.05, 3.63) is 59.4 Å². The summed E-state index contributed by atoms with van der Waals surface area (Å²) < 4.78 is 19.5. The number of aromatic amines is 1. The minimum atomic E-state index is -0.492. The van der Waals surface area contributed by atoms with E-state index in [2.05, 4.69) is 20.4 Å². The van der Waals surface area contributed by atoms with Crippen LogP contribution in [0.1, 0.15) is 31.9 Å². The second kappa shape index (κ2) is 9.13. The third kappa shape index (κ3) is 4.49. The van der Waals surface area contributed by atoms with Gasteiger partial charge in [0, 0.05) is 42.1 Å². The predicted molar refractivity (Wildman–Crippen MR) is 142 cm³/mol. The van der Waals surface area contributed by atoms with Crippen molar-refractivity contribution < 1.29 is 23.9 Å². The Morgan fingerprint density at radius 3 is 2.76 bits per heavy atom. The van der Waals surface area contributed by atoms with Gasteiger partial charge in [-0.1, -0.05) is 23.4 Å². The van der Waals surface area contributed by atoms with E-state index in [-0.39, 0.29) is 12.0 Å². The number of amides is 1. The molecule has 38 heavy (non-hydrogen) atoms. The molecule has 3 aromatic rings. The van der Waals surface area contributed by atoms with E-state index in [0.29, 0.717) is 77.7 Å². The lowest BCUT2D eigenvalue weighted by Crippen LogP contribution is -2.39. The number of aromatic nitrogens is 1. The van der Waals surface area contributed by atoms with E-state index in [1.807, 2.05) is 45.0 Å². The summed E-state index contributed by atoms with van der Waals surface area (Å²) >= 11 is 0. The van der Waals surface area contributed by atoms with Crippen molar-refractivity contribution in [2.24, 2.45) is 22.0 Å². The summed E-state index contributed by atoms with van der Waals surface area (Å²) in [6.45, 7) is 7.95. The molecule has 3 heterocycles. The average molecular weight is 520 g/mol. The third-order valence-corrected chi connectivity index (χ3v) is 7.17. The zero-order chi connectivity index (χ0) is 26.6. The number of benzene rings is 2. The summed E-state index contributed by atoms with van der Waals surface area (Å²) in [7, 11) is 0. The highest BCUT2D eigenvalue weighted by molar-refractivity contribution is 6.58. The fraction of sp³-hybridized carbons (Fsp3) is 0.393. The van der Waals surface area contributed by atoms with Gasteiger partial charge in [-0.05, 0) is 56.9 Å². The number of carbonyl (C=O) groups is 1. The number of hydrogen-bond acceptors (Lipinski definition) is 7. The minimum absolute atomic E-state index is 0.104. The number of para-hydroxylation sites is 1.